The molecule has 2 bridgehead atoms. The maximum Gasteiger partial charge on any atom is 0.426 e. The second kappa shape index (κ2) is 23.6. The van der Waals surface area contributed by atoms with Crippen LogP contribution in [-0.2, 0) is 35.8 Å². The highest BCUT2D eigenvalue weighted by atomic mass is 33.1. The van der Waals surface area contributed by atoms with Crippen molar-refractivity contribution in [1.29, 1.82) is 0 Å². The van der Waals surface area contributed by atoms with Crippen molar-refractivity contribution in [3.63, 3.8) is 0 Å². The molecule has 3 aromatic rings. The molecule has 1 spiro atoms. The third-order valence-electron chi connectivity index (χ3n) is 18.1. The van der Waals surface area contributed by atoms with Crippen molar-refractivity contribution < 1.29 is 74.3 Å². The van der Waals surface area contributed by atoms with Crippen LogP contribution in [0.25, 0.3) is 10.9 Å². The van der Waals surface area contributed by atoms with Crippen molar-refractivity contribution in [2.75, 3.05) is 76.5 Å². The number of aromatic amines is 1. The lowest BCUT2D eigenvalue weighted by Gasteiger charge is -2.63. The Morgan fingerprint density at radius 1 is 0.975 bits per heavy atom. The number of fused-ring (bicyclic) bond motifs is 6. The first-order chi connectivity index (χ1) is 38.1. The Morgan fingerprint density at radius 2 is 1.74 bits per heavy atom. The number of hydrogen-bond acceptors (Lipinski definition) is 19. The lowest BCUT2D eigenvalue weighted by molar-refractivity contribution is -0.204. The predicted molar refractivity (Wildman–Crippen MR) is 298 cm³/mol. The Morgan fingerprint density at radius 3 is 2.44 bits per heavy atom. The van der Waals surface area contributed by atoms with Crippen LogP contribution in [0.5, 0.6) is 5.75 Å². The number of likely N-dealkylation sites (N-methyl/N-ethyl adjacent to an activating group) is 1. The van der Waals surface area contributed by atoms with E-state index in [1.54, 1.807) is 7.11 Å². The summed E-state index contributed by atoms with van der Waals surface area (Å²) in [4.78, 5) is 75.6. The number of nitrogens with one attached hydrogen (secondary N) is 5. The van der Waals surface area contributed by atoms with E-state index in [0.29, 0.717) is 51.1 Å². The zero-order chi connectivity index (χ0) is 57.6. The summed E-state index contributed by atoms with van der Waals surface area (Å²) < 4.78 is 11.7. The molecule has 15 atom stereocenters. The van der Waals surface area contributed by atoms with Crippen LogP contribution in [0.1, 0.15) is 81.2 Å². The van der Waals surface area contributed by atoms with Crippen molar-refractivity contribution in [3.05, 3.63) is 70.9 Å². The molecular formula is C55H76N8O15S2. The number of aliphatic hydroxyl groups is 7. The van der Waals surface area contributed by atoms with Crippen LogP contribution >= 0.6 is 21.6 Å². The number of nitrogens with zero attached hydrogens (tertiary/aromatic N) is 3. The third kappa shape index (κ3) is 10.4. The average Bonchev–Trinajstić information content (AvgIpc) is 3.60. The van der Waals surface area contributed by atoms with Crippen molar-refractivity contribution in [2.45, 2.75) is 130 Å². The molecule has 1 saturated carbocycles. The minimum absolute atomic E-state index is 0.0955. The number of hydrogen-bond donors (Lipinski definition) is 13. The molecule has 2 aromatic carbocycles. The number of piperidine rings is 1. The fourth-order valence-electron chi connectivity index (χ4n) is 14.5. The Kier molecular flexibility index (Phi) is 17.5. The molecular weight excluding hydrogens is 1080 g/mol. The molecule has 6 aliphatic rings. The molecule has 0 radical (unpaired) electrons. The number of aromatic nitrogens is 1. The molecule has 5 aliphatic heterocycles. The van der Waals surface area contributed by atoms with Crippen LogP contribution in [0.3, 0.4) is 0 Å². The largest absolute Gasteiger partial charge is 0.496 e. The van der Waals surface area contributed by atoms with Gasteiger partial charge in [-0.15, -0.1) is 0 Å². The van der Waals surface area contributed by atoms with E-state index in [4.69, 9.17) is 14.6 Å². The number of rotatable bonds is 19. The van der Waals surface area contributed by atoms with Gasteiger partial charge < -0.3 is 70.8 Å². The van der Waals surface area contributed by atoms with Crippen LogP contribution in [0, 0.1) is 11.3 Å². The number of hydrazine groups is 1. The molecule has 9 rings (SSSR count). The first-order valence-electron chi connectivity index (χ1n) is 27.4. The van der Waals surface area contributed by atoms with Gasteiger partial charge in [0.05, 0.1) is 25.4 Å². The summed E-state index contributed by atoms with van der Waals surface area (Å²) in [6.45, 7) is 7.28. The summed E-state index contributed by atoms with van der Waals surface area (Å²) in [5, 5.41) is 93.0. The van der Waals surface area contributed by atoms with E-state index >= 15 is 0 Å². The average molecular weight is 1150 g/mol. The van der Waals surface area contributed by atoms with Gasteiger partial charge in [-0.25, -0.2) is 15.0 Å². The molecule has 1 unspecified atom stereocenters. The summed E-state index contributed by atoms with van der Waals surface area (Å²) >= 11 is 0. The van der Waals surface area contributed by atoms with E-state index in [-0.39, 0.29) is 36.0 Å². The van der Waals surface area contributed by atoms with E-state index in [1.165, 1.54) is 5.56 Å². The van der Waals surface area contributed by atoms with Gasteiger partial charge in [-0.2, -0.15) is 0 Å². The van der Waals surface area contributed by atoms with Gasteiger partial charge in [0, 0.05) is 108 Å². The number of carbonyl (C=O) groups excluding carboxylic acids is 4. The normalized spacial score (nSPS) is 31.3. The molecule has 4 amide bonds. The van der Waals surface area contributed by atoms with Crippen molar-refractivity contribution in [3.8, 4) is 5.75 Å². The summed E-state index contributed by atoms with van der Waals surface area (Å²) in [5.74, 6) is -4.10. The Bertz CT molecular complexity index is 2860. The van der Waals surface area contributed by atoms with Crippen LogP contribution in [-0.4, -0.2) is 217 Å². The summed E-state index contributed by atoms with van der Waals surface area (Å²) in [5.41, 5.74) is 5.18. The van der Waals surface area contributed by atoms with E-state index in [9.17, 15) is 59.7 Å². The fourth-order valence-corrected chi connectivity index (χ4v) is 16.5. The van der Waals surface area contributed by atoms with Crippen LogP contribution in [0.4, 0.5) is 10.5 Å². The Labute approximate surface area is 471 Å². The number of aliphatic carboxylic acids is 1. The number of ether oxygens (including phenoxy) is 2. The monoisotopic (exact) mass is 1150 g/mol. The lowest BCUT2D eigenvalue weighted by Crippen LogP contribution is -2.82. The summed E-state index contributed by atoms with van der Waals surface area (Å²) in [6.07, 6.45) is -1.18. The fraction of sp³-hybridized carbons (Fsp3) is 0.618. The van der Waals surface area contributed by atoms with Gasteiger partial charge in [0.1, 0.15) is 48.9 Å². The van der Waals surface area contributed by atoms with Gasteiger partial charge in [-0.05, 0) is 74.2 Å². The second-order valence-electron chi connectivity index (χ2n) is 22.5. The molecule has 6 heterocycles. The molecule has 1 aromatic heterocycles. The topological polar surface area (TPSA) is 339 Å². The summed E-state index contributed by atoms with van der Waals surface area (Å²) in [6, 6.07) is 7.73. The van der Waals surface area contributed by atoms with Crippen LogP contribution in [0.15, 0.2) is 48.6 Å². The molecule has 1 aliphatic carbocycles. The van der Waals surface area contributed by atoms with E-state index < -0.39 is 101 Å². The zero-order valence-electron chi connectivity index (χ0n) is 45.6. The number of methoxy groups -OCH3 is 1. The first kappa shape index (κ1) is 59.4. The van der Waals surface area contributed by atoms with Crippen LogP contribution < -0.4 is 31.1 Å². The number of carbonyl (C=O) groups is 5. The van der Waals surface area contributed by atoms with Gasteiger partial charge in [0.2, 0.25) is 11.8 Å². The zero-order valence-corrected chi connectivity index (χ0v) is 47.2. The Balaban J connectivity index is 0.937. The Hall–Kier alpha value is -5.19. The molecule has 80 heavy (non-hydrogen) atoms. The number of para-hydroxylation sites is 1. The maximum absolute atomic E-state index is 15.0. The molecule has 438 valence electrons. The number of benzene rings is 2. The number of aliphatic hydroxyl groups excluding tert-OH is 5. The van der Waals surface area contributed by atoms with Gasteiger partial charge in [0.25, 0.3) is 5.91 Å². The highest BCUT2D eigenvalue weighted by molar-refractivity contribution is 8.76. The van der Waals surface area contributed by atoms with Crippen LogP contribution in [0.2, 0.25) is 0 Å². The standard InChI is InChI=1S/C55H76N8O15S2/c1-6-52(75)24-30-21-34(41-32(13-17-62(25-30)28-52)31-11-8-9-12-36(31)57-41)33-22-35-38(23-40(33)77-5)61(4)48-54(35)15-18-63-16-10-14-53(7-2,47(54)63)49(72)55(48,76)50(73)59-60-51(74)78-19-20-79-80-27-37(46(70)71)58-45(69)42(56-29(3)65)44(68)43(67)39(66)26-64/h8-12,14,22-23,30,34,37,39,42-44,47-49,57,64,66-68,72,75-76H,6-7,13,15-21,24-28H2,1-5H3,(H,56,65)(H,58,69)(H,59,73)(H,60,74)(H,70,71)/t30-,34+,37-,39+,42-,43+,44+,47-,48+,49+,52-,53+,54+,55-/m0/s1. The van der Waals surface area contributed by atoms with Crippen molar-refractivity contribution in [1.82, 2.24) is 36.3 Å². The highest BCUT2D eigenvalue weighted by Crippen LogP contribution is 2.67. The van der Waals surface area contributed by atoms with Crippen molar-refractivity contribution >= 4 is 68.0 Å². The summed E-state index contributed by atoms with van der Waals surface area (Å²) in [7, 11) is 5.51. The maximum atomic E-state index is 15.0. The molecule has 2 saturated heterocycles. The lowest BCUT2D eigenvalue weighted by atomic mass is 9.47. The smallest absolute Gasteiger partial charge is 0.426 e. The van der Waals surface area contributed by atoms with Crippen molar-refractivity contribution in [2.24, 2.45) is 11.3 Å². The molecule has 25 heteroatoms. The number of carboxylic acid groups (broad SMARTS) is 1. The predicted octanol–water partition coefficient (Wildman–Crippen LogP) is 0.208. The van der Waals surface area contributed by atoms with Gasteiger partial charge >= 0.3 is 12.1 Å². The minimum Gasteiger partial charge on any atom is -0.496 e. The number of carboxylic acids is 1. The quantitative estimate of drug-likeness (QED) is 0.0330. The van der Waals surface area contributed by atoms with E-state index in [0.717, 1.165) is 87.9 Å². The molecule has 3 fully saturated rings. The molecule has 23 nitrogen and oxygen atoms in total. The SMILES string of the molecule is CC[C@]1(O)C[C@@H]2C[C@H](c3cc4c(cc3OC)N(C)[C@H]3[C@@](O)(C(=O)NNC(=O)OCCSSC[C@H](NC(=O)[C@@H](NC(C)=O)[C@@H](O)[C@H](O)[C@H](O)CO)C(=O)O)[C@H](O)[C@]5(CC)C=CCN6CC[C@]43[C@@H]65)c3[nH]c4ccccc4c3CCN(C2)C1. The molecule has 13 N–H and O–H groups in total. The highest BCUT2D eigenvalue weighted by Gasteiger charge is 2.78. The third-order valence-corrected chi connectivity index (χ3v) is 20.4. The number of anilines is 1. The van der Waals surface area contributed by atoms with Gasteiger partial charge in [-0.1, -0.05) is 65.8 Å². The van der Waals surface area contributed by atoms with Gasteiger partial charge in [0.15, 0.2) is 5.60 Å². The first-order valence-corrected chi connectivity index (χ1v) is 29.9. The number of H-pyrrole nitrogens is 1. The van der Waals surface area contributed by atoms with Gasteiger partial charge in [-0.3, -0.25) is 29.6 Å². The second-order valence-corrected chi connectivity index (χ2v) is 25.2. The number of amides is 4. The van der Waals surface area contributed by atoms with E-state index in [1.807, 2.05) is 50.1 Å². The van der Waals surface area contributed by atoms with E-state index in [2.05, 4.69) is 60.5 Å². The minimum atomic E-state index is -2.54.